The van der Waals surface area contributed by atoms with E-state index in [1.165, 1.54) is 16.2 Å². The lowest BCUT2D eigenvalue weighted by atomic mass is 10.0. The predicted octanol–water partition coefficient (Wildman–Crippen LogP) is 1.30. The van der Waals surface area contributed by atoms with E-state index in [-0.39, 0.29) is 11.9 Å². The second-order valence-electron chi connectivity index (χ2n) is 7.71. The number of hydrogen-bond acceptors (Lipinski definition) is 3. The number of para-hydroxylation sites is 1. The van der Waals surface area contributed by atoms with Crippen molar-refractivity contribution in [2.45, 2.75) is 13.0 Å². The summed E-state index contributed by atoms with van der Waals surface area (Å²) in [7, 11) is 0. The minimum Gasteiger partial charge on any atom is -0.378 e. The van der Waals surface area contributed by atoms with Gasteiger partial charge < -0.3 is 19.4 Å². The number of quaternary nitrogens is 1. The van der Waals surface area contributed by atoms with Gasteiger partial charge in [0.15, 0.2) is 6.04 Å². The zero-order valence-electron chi connectivity index (χ0n) is 16.6. The van der Waals surface area contributed by atoms with Crippen molar-refractivity contribution in [2.24, 2.45) is 0 Å². The van der Waals surface area contributed by atoms with Crippen LogP contribution in [0.1, 0.15) is 17.2 Å². The van der Waals surface area contributed by atoms with Gasteiger partial charge in [-0.15, -0.1) is 0 Å². The zero-order valence-corrected chi connectivity index (χ0v) is 16.6. The van der Waals surface area contributed by atoms with Crippen LogP contribution >= 0.6 is 0 Å². The Kier molecular flexibility index (Phi) is 5.93. The number of hydrogen-bond donors (Lipinski definition) is 1. The van der Waals surface area contributed by atoms with Crippen molar-refractivity contribution in [3.8, 4) is 0 Å². The molecule has 1 N–H and O–H groups in total. The number of ether oxygens (including phenoxy) is 1. The van der Waals surface area contributed by atoms with Crippen LogP contribution in [0, 0.1) is 6.92 Å². The summed E-state index contributed by atoms with van der Waals surface area (Å²) in [5, 5.41) is 0. The Morgan fingerprint density at radius 1 is 0.929 bits per heavy atom. The van der Waals surface area contributed by atoms with E-state index < -0.39 is 0 Å². The van der Waals surface area contributed by atoms with Crippen molar-refractivity contribution in [2.75, 3.05) is 57.4 Å². The normalized spacial score (nSPS) is 19.5. The van der Waals surface area contributed by atoms with Crippen LogP contribution in [-0.2, 0) is 9.53 Å². The van der Waals surface area contributed by atoms with Gasteiger partial charge in [0.2, 0.25) is 0 Å². The highest BCUT2D eigenvalue weighted by Crippen LogP contribution is 2.20. The average molecular weight is 381 g/mol. The van der Waals surface area contributed by atoms with E-state index >= 15 is 0 Å². The molecule has 1 atom stereocenters. The number of morpholine rings is 1. The molecule has 1 amide bonds. The third-order valence-corrected chi connectivity index (χ3v) is 5.97. The van der Waals surface area contributed by atoms with E-state index in [1.807, 2.05) is 23.1 Å². The maximum absolute atomic E-state index is 13.4. The lowest BCUT2D eigenvalue weighted by Crippen LogP contribution is -3.16. The molecule has 2 aliphatic rings. The average Bonchev–Trinajstić information content (AvgIpc) is 2.76. The number of aryl methyl sites for hydroxylation is 1. The number of nitrogens with zero attached hydrogens (tertiary/aromatic N) is 2. The summed E-state index contributed by atoms with van der Waals surface area (Å²) in [6.45, 7) is 8.72. The zero-order chi connectivity index (χ0) is 19.3. The van der Waals surface area contributed by atoms with E-state index in [2.05, 4.69) is 48.2 Å². The smallest absolute Gasteiger partial charge is 0.285 e. The molecule has 4 rings (SSSR count). The molecule has 0 aromatic heterocycles. The molecule has 0 bridgehead atoms. The summed E-state index contributed by atoms with van der Waals surface area (Å²) >= 11 is 0. The number of nitrogens with one attached hydrogen (secondary N) is 1. The second-order valence-corrected chi connectivity index (χ2v) is 7.71. The number of amides is 1. The first-order valence-electron chi connectivity index (χ1n) is 10.3. The van der Waals surface area contributed by atoms with Crippen molar-refractivity contribution in [1.29, 1.82) is 0 Å². The van der Waals surface area contributed by atoms with Gasteiger partial charge in [0.05, 0.1) is 39.4 Å². The number of anilines is 1. The number of carbonyl (C=O) groups excluding carboxylic acids is 1. The SMILES string of the molecule is Cc1ccccc1N1CC[NH+]([C@H](C(=O)N2CCOCC2)c2ccccc2)CC1. The van der Waals surface area contributed by atoms with Gasteiger partial charge in [-0.2, -0.15) is 0 Å². The molecule has 2 heterocycles. The molecule has 5 heteroatoms. The first kappa shape index (κ1) is 19.0. The highest BCUT2D eigenvalue weighted by molar-refractivity contribution is 5.82. The molecule has 0 saturated carbocycles. The van der Waals surface area contributed by atoms with E-state index in [1.54, 1.807) is 0 Å². The highest BCUT2D eigenvalue weighted by Gasteiger charge is 2.37. The van der Waals surface area contributed by atoms with Crippen molar-refractivity contribution in [3.63, 3.8) is 0 Å². The Morgan fingerprint density at radius 3 is 2.25 bits per heavy atom. The largest absolute Gasteiger partial charge is 0.378 e. The summed E-state index contributed by atoms with van der Waals surface area (Å²) in [6, 6.07) is 18.7. The third-order valence-electron chi connectivity index (χ3n) is 5.97. The summed E-state index contributed by atoms with van der Waals surface area (Å²) < 4.78 is 5.45. The van der Waals surface area contributed by atoms with Crippen LogP contribution in [0.25, 0.3) is 0 Å². The molecule has 0 unspecified atom stereocenters. The Morgan fingerprint density at radius 2 is 1.57 bits per heavy atom. The van der Waals surface area contributed by atoms with Gasteiger partial charge in [-0.1, -0.05) is 48.5 Å². The monoisotopic (exact) mass is 380 g/mol. The Labute approximate surface area is 167 Å². The maximum Gasteiger partial charge on any atom is 0.285 e. The molecule has 0 radical (unpaired) electrons. The molecule has 148 valence electrons. The van der Waals surface area contributed by atoms with Crippen molar-refractivity contribution in [3.05, 3.63) is 65.7 Å². The van der Waals surface area contributed by atoms with Crippen LogP contribution in [0.3, 0.4) is 0 Å². The molecule has 0 spiro atoms. The fourth-order valence-corrected chi connectivity index (χ4v) is 4.41. The molecule has 2 saturated heterocycles. The van der Waals surface area contributed by atoms with Gasteiger partial charge in [0.25, 0.3) is 5.91 Å². The van der Waals surface area contributed by atoms with Gasteiger partial charge in [0.1, 0.15) is 0 Å². The minimum atomic E-state index is -0.127. The quantitative estimate of drug-likeness (QED) is 0.869. The Bertz CT molecular complexity index is 781. The van der Waals surface area contributed by atoms with E-state index in [9.17, 15) is 4.79 Å². The van der Waals surface area contributed by atoms with Crippen LogP contribution in [0.5, 0.6) is 0 Å². The van der Waals surface area contributed by atoms with E-state index in [4.69, 9.17) is 4.74 Å². The van der Waals surface area contributed by atoms with Gasteiger partial charge in [-0.3, -0.25) is 4.79 Å². The first-order valence-corrected chi connectivity index (χ1v) is 10.3. The fraction of sp³-hybridized carbons (Fsp3) is 0.435. The highest BCUT2D eigenvalue weighted by atomic mass is 16.5. The van der Waals surface area contributed by atoms with E-state index in [0.717, 1.165) is 31.7 Å². The molecule has 2 aliphatic heterocycles. The second kappa shape index (κ2) is 8.76. The summed E-state index contributed by atoms with van der Waals surface area (Å²) in [5.74, 6) is 0.244. The molecule has 2 fully saturated rings. The van der Waals surface area contributed by atoms with Crippen LogP contribution in [0.4, 0.5) is 5.69 Å². The van der Waals surface area contributed by atoms with Crippen molar-refractivity contribution in [1.82, 2.24) is 4.90 Å². The molecule has 2 aromatic carbocycles. The van der Waals surface area contributed by atoms with Crippen molar-refractivity contribution < 1.29 is 14.4 Å². The molecule has 28 heavy (non-hydrogen) atoms. The van der Waals surface area contributed by atoms with Gasteiger partial charge in [0, 0.05) is 24.3 Å². The summed E-state index contributed by atoms with van der Waals surface area (Å²) in [5.41, 5.74) is 3.76. The maximum atomic E-state index is 13.4. The Balaban J connectivity index is 1.51. The van der Waals surface area contributed by atoms with Gasteiger partial charge >= 0.3 is 0 Å². The van der Waals surface area contributed by atoms with E-state index in [0.29, 0.717) is 26.3 Å². The van der Waals surface area contributed by atoms with Crippen molar-refractivity contribution >= 4 is 11.6 Å². The number of rotatable bonds is 4. The van der Waals surface area contributed by atoms with Crippen LogP contribution in [-0.4, -0.2) is 63.3 Å². The fourth-order valence-electron chi connectivity index (χ4n) is 4.41. The number of benzene rings is 2. The standard InChI is InChI=1S/C23H29N3O2/c1-19-7-5-6-10-21(19)24-11-13-25(14-12-24)22(20-8-3-2-4-9-20)23(27)26-15-17-28-18-16-26/h2-10,22H,11-18H2,1H3/p+1/t22-/m0/s1. The first-order chi connectivity index (χ1) is 13.7. The van der Waals surface area contributed by atoms with Gasteiger partial charge in [-0.05, 0) is 18.6 Å². The lowest BCUT2D eigenvalue weighted by molar-refractivity contribution is -0.923. The number of piperazine rings is 1. The lowest BCUT2D eigenvalue weighted by Gasteiger charge is -2.39. The molecule has 2 aromatic rings. The number of carbonyl (C=O) groups is 1. The third kappa shape index (κ3) is 4.05. The van der Waals surface area contributed by atoms with Crippen LogP contribution in [0.2, 0.25) is 0 Å². The Hall–Kier alpha value is -2.37. The molecular formula is C23H30N3O2+. The topological polar surface area (TPSA) is 37.2 Å². The molecule has 0 aliphatic carbocycles. The van der Waals surface area contributed by atoms with Gasteiger partial charge in [-0.25, -0.2) is 0 Å². The predicted molar refractivity (Wildman–Crippen MR) is 111 cm³/mol. The van der Waals surface area contributed by atoms with Crippen LogP contribution in [0.15, 0.2) is 54.6 Å². The minimum absolute atomic E-state index is 0.127. The van der Waals surface area contributed by atoms with Crippen LogP contribution < -0.4 is 9.80 Å². The molecular weight excluding hydrogens is 350 g/mol. The molecule has 5 nitrogen and oxygen atoms in total. The summed E-state index contributed by atoms with van der Waals surface area (Å²) in [6.07, 6.45) is 0. The summed E-state index contributed by atoms with van der Waals surface area (Å²) in [4.78, 5) is 19.3.